The van der Waals surface area contributed by atoms with Crippen LogP contribution in [0.1, 0.15) is 17.5 Å². The molecule has 1 fully saturated rings. The van der Waals surface area contributed by atoms with Crippen molar-refractivity contribution in [2.75, 3.05) is 33.2 Å². The maximum atomic E-state index is 12.5. The second-order valence-electron chi connectivity index (χ2n) is 7.28. The molecule has 1 aromatic heterocycles. The van der Waals surface area contributed by atoms with Crippen molar-refractivity contribution < 1.29 is 13.2 Å². The SMILES string of the molecule is CN=C(NCc1ccccc1Cn1cccn1)NCC1CCN(CC(F)(F)F)C1.I. The van der Waals surface area contributed by atoms with E-state index >= 15 is 0 Å². The van der Waals surface area contributed by atoms with Crippen LogP contribution in [-0.2, 0) is 13.1 Å². The Kier molecular flexibility index (Phi) is 9.40. The Labute approximate surface area is 191 Å². The molecule has 166 valence electrons. The second kappa shape index (κ2) is 11.5. The molecule has 0 spiro atoms. The van der Waals surface area contributed by atoms with Crippen molar-refractivity contribution in [3.63, 3.8) is 0 Å². The standard InChI is InChI=1S/C20H27F3N6.HI/c1-24-19(25-11-16-7-10-28(13-16)15-20(21,22)23)26-12-17-5-2-3-6-18(17)14-29-9-4-8-27-29;/h2-6,8-9,16H,7,10-15H2,1H3,(H2,24,25,26);1H. The maximum Gasteiger partial charge on any atom is 0.401 e. The molecule has 1 aromatic carbocycles. The zero-order valence-electron chi connectivity index (χ0n) is 16.9. The van der Waals surface area contributed by atoms with E-state index in [9.17, 15) is 13.2 Å². The van der Waals surface area contributed by atoms with E-state index in [0.29, 0.717) is 38.7 Å². The predicted octanol–water partition coefficient (Wildman–Crippen LogP) is 3.10. The Balaban J connectivity index is 0.00000320. The van der Waals surface area contributed by atoms with Gasteiger partial charge >= 0.3 is 6.18 Å². The van der Waals surface area contributed by atoms with Gasteiger partial charge in [-0.1, -0.05) is 24.3 Å². The van der Waals surface area contributed by atoms with Gasteiger partial charge in [0.2, 0.25) is 0 Å². The van der Waals surface area contributed by atoms with E-state index < -0.39 is 12.7 Å². The predicted molar refractivity (Wildman–Crippen MR) is 122 cm³/mol. The van der Waals surface area contributed by atoms with Gasteiger partial charge in [-0.15, -0.1) is 24.0 Å². The van der Waals surface area contributed by atoms with Crippen LogP contribution in [0.15, 0.2) is 47.7 Å². The van der Waals surface area contributed by atoms with Crippen LogP contribution in [0.4, 0.5) is 13.2 Å². The van der Waals surface area contributed by atoms with Gasteiger partial charge in [-0.05, 0) is 36.1 Å². The smallest absolute Gasteiger partial charge is 0.356 e. The van der Waals surface area contributed by atoms with Crippen LogP contribution in [0.25, 0.3) is 0 Å². The zero-order chi connectivity index (χ0) is 20.7. The van der Waals surface area contributed by atoms with Crippen LogP contribution in [0.3, 0.4) is 0 Å². The van der Waals surface area contributed by atoms with E-state index in [-0.39, 0.29) is 29.9 Å². The Hall–Kier alpha value is -1.82. The minimum Gasteiger partial charge on any atom is -0.356 e. The number of nitrogens with one attached hydrogen (secondary N) is 2. The van der Waals surface area contributed by atoms with Gasteiger partial charge in [-0.25, -0.2) is 0 Å². The number of likely N-dealkylation sites (tertiary alicyclic amines) is 1. The molecular formula is C20H28F3IN6. The lowest BCUT2D eigenvalue weighted by Crippen LogP contribution is -2.40. The number of guanidine groups is 1. The number of nitrogens with zero attached hydrogens (tertiary/aromatic N) is 4. The van der Waals surface area contributed by atoms with Crippen molar-refractivity contribution in [3.05, 3.63) is 53.9 Å². The highest BCUT2D eigenvalue weighted by atomic mass is 127. The molecule has 1 unspecified atom stereocenters. The Morgan fingerprint density at radius 1 is 1.20 bits per heavy atom. The molecule has 3 rings (SSSR count). The third-order valence-corrected chi connectivity index (χ3v) is 5.01. The van der Waals surface area contributed by atoms with Gasteiger partial charge in [-0.3, -0.25) is 14.6 Å². The average molecular weight is 536 g/mol. The highest BCUT2D eigenvalue weighted by molar-refractivity contribution is 14.0. The summed E-state index contributed by atoms with van der Waals surface area (Å²) in [6, 6.07) is 10.0. The molecule has 6 nitrogen and oxygen atoms in total. The van der Waals surface area contributed by atoms with E-state index in [1.165, 1.54) is 4.90 Å². The number of aliphatic imine (C=N–C) groups is 1. The van der Waals surface area contributed by atoms with Crippen LogP contribution in [-0.4, -0.2) is 60.0 Å². The molecule has 0 bridgehead atoms. The molecule has 0 saturated carbocycles. The summed E-state index contributed by atoms with van der Waals surface area (Å²) in [7, 11) is 1.69. The summed E-state index contributed by atoms with van der Waals surface area (Å²) in [5, 5.41) is 10.8. The first-order valence-electron chi connectivity index (χ1n) is 9.71. The molecule has 1 saturated heterocycles. The number of hydrogen-bond acceptors (Lipinski definition) is 3. The number of rotatable bonds is 7. The van der Waals surface area contributed by atoms with Gasteiger partial charge < -0.3 is 10.6 Å². The summed E-state index contributed by atoms with van der Waals surface area (Å²) in [5.74, 6) is 0.830. The minimum absolute atomic E-state index is 0. The molecule has 30 heavy (non-hydrogen) atoms. The number of benzene rings is 1. The van der Waals surface area contributed by atoms with E-state index in [1.54, 1.807) is 13.2 Å². The molecule has 10 heteroatoms. The van der Waals surface area contributed by atoms with E-state index in [0.717, 1.165) is 17.5 Å². The second-order valence-corrected chi connectivity index (χ2v) is 7.28. The minimum atomic E-state index is -4.14. The molecule has 1 aliphatic rings. The summed E-state index contributed by atoms with van der Waals surface area (Å²) < 4.78 is 39.4. The third-order valence-electron chi connectivity index (χ3n) is 5.01. The van der Waals surface area contributed by atoms with Gasteiger partial charge in [0.25, 0.3) is 0 Å². The molecule has 0 radical (unpaired) electrons. The van der Waals surface area contributed by atoms with E-state index in [4.69, 9.17) is 0 Å². The van der Waals surface area contributed by atoms with Crippen LogP contribution < -0.4 is 10.6 Å². The van der Waals surface area contributed by atoms with Gasteiger partial charge in [-0.2, -0.15) is 18.3 Å². The molecule has 1 atom stereocenters. The largest absolute Gasteiger partial charge is 0.401 e. The molecular weight excluding hydrogens is 508 g/mol. The summed E-state index contributed by atoms with van der Waals surface area (Å²) in [5.41, 5.74) is 2.31. The van der Waals surface area contributed by atoms with Crippen molar-refractivity contribution in [1.29, 1.82) is 0 Å². The van der Waals surface area contributed by atoms with Crippen molar-refractivity contribution in [1.82, 2.24) is 25.3 Å². The molecule has 2 aromatic rings. The monoisotopic (exact) mass is 536 g/mol. The first-order valence-corrected chi connectivity index (χ1v) is 9.71. The number of alkyl halides is 3. The number of hydrogen-bond donors (Lipinski definition) is 2. The van der Waals surface area contributed by atoms with Gasteiger partial charge in [0, 0.05) is 39.1 Å². The van der Waals surface area contributed by atoms with Crippen LogP contribution >= 0.6 is 24.0 Å². The highest BCUT2D eigenvalue weighted by Gasteiger charge is 2.34. The fourth-order valence-corrected chi connectivity index (χ4v) is 3.57. The lowest BCUT2D eigenvalue weighted by molar-refractivity contribution is -0.143. The Morgan fingerprint density at radius 2 is 1.97 bits per heavy atom. The van der Waals surface area contributed by atoms with Crippen LogP contribution in [0, 0.1) is 5.92 Å². The lowest BCUT2D eigenvalue weighted by atomic mass is 10.1. The number of aromatic nitrogens is 2. The van der Waals surface area contributed by atoms with Gasteiger partial charge in [0.1, 0.15) is 0 Å². The fraction of sp³-hybridized carbons (Fsp3) is 0.500. The quantitative estimate of drug-likeness (QED) is 0.325. The van der Waals surface area contributed by atoms with Crippen molar-refractivity contribution >= 4 is 29.9 Å². The maximum absolute atomic E-state index is 12.5. The Morgan fingerprint density at radius 3 is 2.63 bits per heavy atom. The first kappa shape index (κ1) is 24.4. The topological polar surface area (TPSA) is 57.5 Å². The number of halogens is 4. The zero-order valence-corrected chi connectivity index (χ0v) is 19.2. The average Bonchev–Trinajstić information content (AvgIpc) is 3.34. The molecule has 0 amide bonds. The van der Waals surface area contributed by atoms with E-state index in [2.05, 4.69) is 32.9 Å². The summed E-state index contributed by atoms with van der Waals surface area (Å²) in [6.45, 7) is 2.00. The van der Waals surface area contributed by atoms with Crippen LogP contribution in [0.5, 0.6) is 0 Å². The molecule has 2 heterocycles. The van der Waals surface area contributed by atoms with Gasteiger partial charge in [0.15, 0.2) is 5.96 Å². The van der Waals surface area contributed by atoms with Crippen molar-refractivity contribution in [2.45, 2.75) is 25.7 Å². The molecule has 1 aliphatic heterocycles. The highest BCUT2D eigenvalue weighted by Crippen LogP contribution is 2.22. The van der Waals surface area contributed by atoms with Crippen molar-refractivity contribution in [2.24, 2.45) is 10.9 Å². The van der Waals surface area contributed by atoms with Crippen LogP contribution in [0.2, 0.25) is 0 Å². The first-order chi connectivity index (χ1) is 13.9. The summed E-state index contributed by atoms with van der Waals surface area (Å²) in [4.78, 5) is 5.70. The molecule has 2 N–H and O–H groups in total. The summed E-state index contributed by atoms with van der Waals surface area (Å²) in [6.07, 6.45) is 0.302. The van der Waals surface area contributed by atoms with E-state index in [1.807, 2.05) is 29.1 Å². The lowest BCUT2D eigenvalue weighted by Gasteiger charge is -2.19. The fourth-order valence-electron chi connectivity index (χ4n) is 3.57. The summed E-state index contributed by atoms with van der Waals surface area (Å²) >= 11 is 0. The van der Waals surface area contributed by atoms with Gasteiger partial charge in [0.05, 0.1) is 13.1 Å². The van der Waals surface area contributed by atoms with Crippen molar-refractivity contribution in [3.8, 4) is 0 Å². The Bertz CT molecular complexity index is 794. The third kappa shape index (κ3) is 7.78. The molecule has 0 aliphatic carbocycles. The normalized spacial score (nSPS) is 17.6.